The third-order valence-corrected chi connectivity index (χ3v) is 4.51. The minimum Gasteiger partial charge on any atom is -1.00 e. The molecule has 0 saturated heterocycles. The first-order chi connectivity index (χ1) is 8.24. The Morgan fingerprint density at radius 2 is 1.72 bits per heavy atom. The molecule has 1 unspecified atom stereocenters. The first kappa shape index (κ1) is 16.3. The first-order valence-corrected chi connectivity index (χ1v) is 7.57. The van der Waals surface area contributed by atoms with Crippen molar-refractivity contribution >= 4 is 0 Å². The highest BCUT2D eigenvalue weighted by Gasteiger charge is 2.32. The zero-order valence-corrected chi connectivity index (χ0v) is 14.2. The highest BCUT2D eigenvalue weighted by Crippen LogP contribution is 2.29. The van der Waals surface area contributed by atoms with Crippen LogP contribution in [0.1, 0.15) is 58.3 Å². The summed E-state index contributed by atoms with van der Waals surface area (Å²) in [6, 6.07) is 0.886. The lowest BCUT2D eigenvalue weighted by Gasteiger charge is -2.42. The molecule has 1 atom stereocenters. The van der Waals surface area contributed by atoms with Crippen LogP contribution in [0.25, 0.3) is 0 Å². The minimum atomic E-state index is 0. The van der Waals surface area contributed by atoms with Crippen molar-refractivity contribution in [3.05, 3.63) is 0 Å². The van der Waals surface area contributed by atoms with Crippen LogP contribution in [0.3, 0.4) is 0 Å². The van der Waals surface area contributed by atoms with E-state index >= 15 is 0 Å². The Morgan fingerprint density at radius 3 is 2.28 bits per heavy atom. The van der Waals surface area contributed by atoms with E-state index in [1.54, 1.807) is 0 Å². The van der Waals surface area contributed by atoms with Crippen molar-refractivity contribution in [1.29, 1.82) is 0 Å². The van der Waals surface area contributed by atoms with Gasteiger partial charge in [0.15, 0.2) is 0 Å². The molecule has 0 spiro atoms. The van der Waals surface area contributed by atoms with Crippen LogP contribution in [0.15, 0.2) is 0 Å². The second kappa shape index (κ2) is 7.75. The van der Waals surface area contributed by atoms with Gasteiger partial charge in [-0.25, -0.2) is 0 Å². The van der Waals surface area contributed by atoms with Gasteiger partial charge >= 0.3 is 0 Å². The largest absolute Gasteiger partial charge is 1.00 e. The lowest BCUT2D eigenvalue weighted by Crippen LogP contribution is -3.00. The summed E-state index contributed by atoms with van der Waals surface area (Å²) in [4.78, 5) is 0. The molecule has 2 aliphatic carbocycles. The molecule has 0 N–H and O–H groups in total. The summed E-state index contributed by atoms with van der Waals surface area (Å²) in [6.45, 7) is 4.71. The van der Waals surface area contributed by atoms with E-state index in [0.29, 0.717) is 0 Å². The summed E-state index contributed by atoms with van der Waals surface area (Å²) < 4.78 is 1.22. The summed E-state index contributed by atoms with van der Waals surface area (Å²) in [5.41, 5.74) is 0. The van der Waals surface area contributed by atoms with Gasteiger partial charge in [0, 0.05) is 5.92 Å². The maximum atomic E-state index is 3.49. The lowest BCUT2D eigenvalue weighted by atomic mass is 9.92. The normalized spacial score (nSPS) is 23.4. The van der Waals surface area contributed by atoms with Gasteiger partial charge in [-0.2, -0.15) is 0 Å². The SMILES string of the molecule is CCC[N+](C)(CC#CC1CC1)C1CCCCC1.[I-]. The monoisotopic (exact) mass is 361 g/mol. The van der Waals surface area contributed by atoms with Crippen LogP contribution in [0.5, 0.6) is 0 Å². The van der Waals surface area contributed by atoms with Gasteiger partial charge in [-0.1, -0.05) is 19.3 Å². The second-order valence-corrected chi connectivity index (χ2v) is 6.25. The Kier molecular flexibility index (Phi) is 7.02. The molecule has 0 aromatic heterocycles. The molecule has 1 nitrogen and oxygen atoms in total. The smallest absolute Gasteiger partial charge is 0.140 e. The quantitative estimate of drug-likeness (QED) is 0.391. The lowest BCUT2D eigenvalue weighted by molar-refractivity contribution is -0.928. The zero-order chi connectivity index (χ0) is 12.1. The van der Waals surface area contributed by atoms with Gasteiger partial charge in [0.1, 0.15) is 6.54 Å². The van der Waals surface area contributed by atoms with Gasteiger partial charge in [-0.3, -0.25) is 0 Å². The minimum absolute atomic E-state index is 0. The predicted molar refractivity (Wildman–Crippen MR) is 73.6 cm³/mol. The fourth-order valence-corrected chi connectivity index (χ4v) is 3.20. The Labute approximate surface area is 130 Å². The van der Waals surface area contributed by atoms with E-state index in [1.165, 1.54) is 62.4 Å². The van der Waals surface area contributed by atoms with E-state index in [4.69, 9.17) is 0 Å². The summed E-state index contributed by atoms with van der Waals surface area (Å²) in [6.07, 6.45) is 11.2. The number of rotatable bonds is 4. The maximum absolute atomic E-state index is 3.49. The van der Waals surface area contributed by atoms with Crippen molar-refractivity contribution in [3.8, 4) is 11.8 Å². The summed E-state index contributed by atoms with van der Waals surface area (Å²) in [5.74, 6) is 7.70. The van der Waals surface area contributed by atoms with Gasteiger partial charge in [-0.05, 0) is 50.9 Å². The van der Waals surface area contributed by atoms with Crippen molar-refractivity contribution in [2.24, 2.45) is 5.92 Å². The van der Waals surface area contributed by atoms with E-state index in [1.807, 2.05) is 0 Å². The molecule has 2 rings (SSSR count). The second-order valence-electron chi connectivity index (χ2n) is 6.25. The van der Waals surface area contributed by atoms with Gasteiger partial charge in [-0.15, -0.1) is 0 Å². The fourth-order valence-electron chi connectivity index (χ4n) is 3.20. The first-order valence-electron chi connectivity index (χ1n) is 7.57. The van der Waals surface area contributed by atoms with E-state index in [0.717, 1.165) is 18.5 Å². The average Bonchev–Trinajstić information content (AvgIpc) is 3.15. The third kappa shape index (κ3) is 4.74. The van der Waals surface area contributed by atoms with Crippen molar-refractivity contribution < 1.29 is 28.5 Å². The average molecular weight is 361 g/mol. The van der Waals surface area contributed by atoms with E-state index in [2.05, 4.69) is 25.8 Å². The number of halogens is 1. The molecule has 0 aromatic rings. The van der Waals surface area contributed by atoms with Crippen molar-refractivity contribution in [2.45, 2.75) is 64.3 Å². The molecule has 0 amide bonds. The number of hydrogen-bond donors (Lipinski definition) is 0. The van der Waals surface area contributed by atoms with Gasteiger partial charge in [0.25, 0.3) is 0 Å². The van der Waals surface area contributed by atoms with E-state index in [-0.39, 0.29) is 24.0 Å². The van der Waals surface area contributed by atoms with Crippen LogP contribution in [0, 0.1) is 17.8 Å². The molecule has 0 bridgehead atoms. The molecule has 0 aromatic carbocycles. The Bertz CT molecular complexity index is 294. The summed E-state index contributed by atoms with van der Waals surface area (Å²) in [7, 11) is 2.45. The van der Waals surface area contributed by atoms with Crippen LogP contribution < -0.4 is 24.0 Å². The molecule has 0 radical (unpaired) electrons. The summed E-state index contributed by atoms with van der Waals surface area (Å²) in [5, 5.41) is 0. The molecule has 2 fully saturated rings. The summed E-state index contributed by atoms with van der Waals surface area (Å²) >= 11 is 0. The predicted octanol–water partition coefficient (Wildman–Crippen LogP) is 0.593. The molecule has 2 saturated carbocycles. The van der Waals surface area contributed by atoms with Crippen molar-refractivity contribution in [3.63, 3.8) is 0 Å². The van der Waals surface area contributed by atoms with E-state index in [9.17, 15) is 0 Å². The molecular weight excluding hydrogens is 333 g/mol. The van der Waals surface area contributed by atoms with Crippen LogP contribution in [-0.2, 0) is 0 Å². The molecule has 18 heavy (non-hydrogen) atoms. The van der Waals surface area contributed by atoms with Gasteiger partial charge < -0.3 is 28.5 Å². The molecule has 0 heterocycles. The van der Waals surface area contributed by atoms with Crippen LogP contribution in [-0.4, -0.2) is 30.7 Å². The zero-order valence-electron chi connectivity index (χ0n) is 12.1. The number of nitrogens with zero attached hydrogens (tertiary/aromatic N) is 1. The molecule has 104 valence electrons. The topological polar surface area (TPSA) is 0 Å². The highest BCUT2D eigenvalue weighted by molar-refractivity contribution is 5.09. The fraction of sp³-hybridized carbons (Fsp3) is 0.875. The van der Waals surface area contributed by atoms with Crippen LogP contribution in [0.4, 0.5) is 0 Å². The van der Waals surface area contributed by atoms with Crippen LogP contribution >= 0.6 is 0 Å². The molecular formula is C16H28IN. The molecule has 0 aliphatic heterocycles. The highest BCUT2D eigenvalue weighted by atomic mass is 127. The van der Waals surface area contributed by atoms with Crippen molar-refractivity contribution in [2.75, 3.05) is 20.1 Å². The Balaban J connectivity index is 0.00000162. The molecule has 2 heteroatoms. The number of quaternary nitrogens is 1. The standard InChI is InChI=1S/C16H28N.HI/c1-3-13-17(2,14-7-8-15-11-12-15)16-9-5-4-6-10-16;/h15-16H,3-6,9-14H2,1-2H3;1H/q+1;/p-1. The number of hydrogen-bond acceptors (Lipinski definition) is 0. The van der Waals surface area contributed by atoms with Gasteiger partial charge in [0.2, 0.25) is 0 Å². The molecule has 2 aliphatic rings. The third-order valence-electron chi connectivity index (χ3n) is 4.51. The van der Waals surface area contributed by atoms with Crippen molar-refractivity contribution in [1.82, 2.24) is 0 Å². The van der Waals surface area contributed by atoms with Crippen LogP contribution in [0.2, 0.25) is 0 Å². The van der Waals surface area contributed by atoms with E-state index < -0.39 is 0 Å². The van der Waals surface area contributed by atoms with Gasteiger partial charge in [0.05, 0.1) is 19.6 Å². The maximum Gasteiger partial charge on any atom is 0.140 e. The Morgan fingerprint density at radius 1 is 1.06 bits per heavy atom. The Hall–Kier alpha value is 0.250.